The molecule has 4 N–H and O–H groups in total. The summed E-state index contributed by atoms with van der Waals surface area (Å²) in [5, 5.41) is 17.6. The zero-order valence-electron chi connectivity index (χ0n) is 6.87. The predicted octanol–water partition coefficient (Wildman–Crippen LogP) is -0.193. The molecule has 0 bridgehead atoms. The maximum atomic E-state index is 10.6. The summed E-state index contributed by atoms with van der Waals surface area (Å²) in [6.07, 6.45) is -0.432. The van der Waals surface area contributed by atoms with Crippen LogP contribution in [0.2, 0.25) is 0 Å². The van der Waals surface area contributed by atoms with Gasteiger partial charge in [-0.3, -0.25) is 4.79 Å². The molecule has 0 saturated heterocycles. The van der Waals surface area contributed by atoms with Crippen LogP contribution in [0.3, 0.4) is 0 Å². The Hall–Kier alpha value is -0.610. The number of aliphatic carboxylic acids is 1. The van der Waals surface area contributed by atoms with Crippen molar-refractivity contribution in [3.63, 3.8) is 0 Å². The maximum Gasteiger partial charge on any atom is 0.310 e. The number of carbonyl (C=O) groups is 1. The third kappa shape index (κ3) is 2.86. The van der Waals surface area contributed by atoms with Crippen molar-refractivity contribution < 1.29 is 15.0 Å². The Morgan fingerprint density at radius 2 is 2.18 bits per heavy atom. The molecule has 4 heteroatoms. The number of rotatable bonds is 4. The van der Waals surface area contributed by atoms with Crippen LogP contribution < -0.4 is 5.73 Å². The molecule has 0 aromatic carbocycles. The van der Waals surface area contributed by atoms with Gasteiger partial charge in [0.05, 0.1) is 11.5 Å². The average Bonchev–Trinajstić information content (AvgIpc) is 1.86. The third-order valence-electron chi connectivity index (χ3n) is 1.71. The molecule has 2 atom stereocenters. The van der Waals surface area contributed by atoms with E-state index in [4.69, 9.17) is 15.9 Å². The van der Waals surface area contributed by atoms with E-state index in [1.807, 2.05) is 0 Å². The van der Waals surface area contributed by atoms with Crippen LogP contribution in [0, 0.1) is 5.41 Å². The molecule has 0 saturated carbocycles. The average molecular weight is 161 g/mol. The van der Waals surface area contributed by atoms with Gasteiger partial charge in [0.15, 0.2) is 0 Å². The van der Waals surface area contributed by atoms with Crippen molar-refractivity contribution in [3.05, 3.63) is 0 Å². The normalized spacial score (nSPS) is 18.9. The molecule has 0 aromatic heterocycles. The summed E-state index contributed by atoms with van der Waals surface area (Å²) < 4.78 is 0. The van der Waals surface area contributed by atoms with Crippen molar-refractivity contribution in [2.24, 2.45) is 11.1 Å². The van der Waals surface area contributed by atoms with E-state index >= 15 is 0 Å². The molecular formula is C7H15NO3. The number of carboxylic acid groups (broad SMARTS) is 1. The maximum absolute atomic E-state index is 10.6. The molecule has 0 aromatic rings. The lowest BCUT2D eigenvalue weighted by molar-refractivity contribution is -0.149. The smallest absolute Gasteiger partial charge is 0.310 e. The Kier molecular flexibility index (Phi) is 3.48. The summed E-state index contributed by atoms with van der Waals surface area (Å²) in [7, 11) is 0. The molecule has 11 heavy (non-hydrogen) atoms. The van der Waals surface area contributed by atoms with Crippen molar-refractivity contribution >= 4 is 5.97 Å². The van der Waals surface area contributed by atoms with E-state index in [0.717, 1.165) is 0 Å². The molecule has 0 rings (SSSR count). The van der Waals surface area contributed by atoms with Crippen molar-refractivity contribution in [2.75, 3.05) is 6.54 Å². The molecule has 66 valence electrons. The number of nitrogens with two attached hydrogens (primary N) is 1. The van der Waals surface area contributed by atoms with Crippen LogP contribution in [0.15, 0.2) is 0 Å². The van der Waals surface area contributed by atoms with Gasteiger partial charge in [-0.2, -0.15) is 0 Å². The van der Waals surface area contributed by atoms with E-state index in [-0.39, 0.29) is 13.0 Å². The molecule has 0 aliphatic rings. The zero-order chi connectivity index (χ0) is 9.07. The van der Waals surface area contributed by atoms with Gasteiger partial charge in [0.1, 0.15) is 0 Å². The minimum absolute atomic E-state index is 0.0488. The Labute approximate surface area is 66.0 Å². The number of hydrogen-bond donors (Lipinski definition) is 3. The Bertz CT molecular complexity index is 147. The van der Waals surface area contributed by atoms with Crippen LogP contribution in [0.4, 0.5) is 0 Å². The second kappa shape index (κ2) is 3.69. The van der Waals surface area contributed by atoms with Crippen molar-refractivity contribution in [2.45, 2.75) is 26.4 Å². The molecular weight excluding hydrogens is 146 g/mol. The predicted molar refractivity (Wildman–Crippen MR) is 41.1 cm³/mol. The molecule has 0 amide bonds. The highest BCUT2D eigenvalue weighted by Gasteiger charge is 2.32. The van der Waals surface area contributed by atoms with Gasteiger partial charge in [-0.15, -0.1) is 0 Å². The standard InChI is InChI=1S/C7H15NO3/c1-5(9)3-7(2,4-8)6(10)11/h5,9H,3-4,8H2,1-2H3,(H,10,11). The number of aliphatic hydroxyl groups is 1. The van der Waals surface area contributed by atoms with Crippen LogP contribution in [-0.2, 0) is 4.79 Å². The molecule has 0 heterocycles. The fourth-order valence-electron chi connectivity index (χ4n) is 0.910. The van der Waals surface area contributed by atoms with Crippen LogP contribution >= 0.6 is 0 Å². The van der Waals surface area contributed by atoms with Crippen molar-refractivity contribution in [1.29, 1.82) is 0 Å². The third-order valence-corrected chi connectivity index (χ3v) is 1.71. The van der Waals surface area contributed by atoms with Crippen molar-refractivity contribution in [3.8, 4) is 0 Å². The first-order valence-corrected chi connectivity index (χ1v) is 3.54. The van der Waals surface area contributed by atoms with Gasteiger partial charge in [0, 0.05) is 6.54 Å². The first kappa shape index (κ1) is 10.4. The summed E-state index contributed by atoms with van der Waals surface area (Å²) in [5.41, 5.74) is 4.27. The van der Waals surface area contributed by atoms with Gasteiger partial charge in [0.25, 0.3) is 0 Å². The minimum Gasteiger partial charge on any atom is -0.481 e. The number of aliphatic hydroxyl groups excluding tert-OH is 1. The highest BCUT2D eigenvalue weighted by molar-refractivity contribution is 5.74. The van der Waals surface area contributed by atoms with Crippen LogP contribution in [0.5, 0.6) is 0 Å². The van der Waals surface area contributed by atoms with Crippen molar-refractivity contribution in [1.82, 2.24) is 0 Å². The van der Waals surface area contributed by atoms with Gasteiger partial charge in [-0.1, -0.05) is 0 Å². The fraction of sp³-hybridized carbons (Fsp3) is 0.857. The first-order valence-electron chi connectivity index (χ1n) is 3.54. The number of carboxylic acids is 1. The van der Waals surface area contributed by atoms with Gasteiger partial charge >= 0.3 is 5.97 Å². The van der Waals surface area contributed by atoms with Gasteiger partial charge in [-0.05, 0) is 20.3 Å². The highest BCUT2D eigenvalue weighted by Crippen LogP contribution is 2.21. The topological polar surface area (TPSA) is 83.5 Å². The van der Waals surface area contributed by atoms with E-state index in [2.05, 4.69) is 0 Å². The summed E-state index contributed by atoms with van der Waals surface area (Å²) in [4.78, 5) is 10.6. The first-order chi connectivity index (χ1) is 4.92. The Balaban J connectivity index is 4.22. The van der Waals surface area contributed by atoms with Gasteiger partial charge in [-0.25, -0.2) is 0 Å². The summed E-state index contributed by atoms with van der Waals surface area (Å²) in [6, 6.07) is 0. The quantitative estimate of drug-likeness (QED) is 0.533. The van der Waals surface area contributed by atoms with Gasteiger partial charge < -0.3 is 15.9 Å². The van der Waals surface area contributed by atoms with E-state index in [1.54, 1.807) is 6.92 Å². The Morgan fingerprint density at radius 3 is 2.27 bits per heavy atom. The van der Waals surface area contributed by atoms with E-state index in [9.17, 15) is 4.79 Å². The van der Waals surface area contributed by atoms with E-state index in [1.165, 1.54) is 6.92 Å². The lowest BCUT2D eigenvalue weighted by atomic mass is 9.85. The molecule has 0 radical (unpaired) electrons. The zero-order valence-corrected chi connectivity index (χ0v) is 6.87. The lowest BCUT2D eigenvalue weighted by Gasteiger charge is -2.23. The van der Waals surface area contributed by atoms with E-state index in [0.29, 0.717) is 0 Å². The molecule has 2 unspecified atom stereocenters. The van der Waals surface area contributed by atoms with Crippen LogP contribution in [-0.4, -0.2) is 28.8 Å². The highest BCUT2D eigenvalue weighted by atomic mass is 16.4. The van der Waals surface area contributed by atoms with E-state index < -0.39 is 17.5 Å². The summed E-state index contributed by atoms with van der Waals surface area (Å²) >= 11 is 0. The molecule has 0 spiro atoms. The molecule has 0 aliphatic carbocycles. The molecule has 0 fully saturated rings. The largest absolute Gasteiger partial charge is 0.481 e. The second-order valence-electron chi connectivity index (χ2n) is 3.12. The lowest BCUT2D eigenvalue weighted by Crippen LogP contribution is -2.38. The number of hydrogen-bond acceptors (Lipinski definition) is 3. The van der Waals surface area contributed by atoms with Gasteiger partial charge in [0.2, 0.25) is 0 Å². The second-order valence-corrected chi connectivity index (χ2v) is 3.12. The molecule has 4 nitrogen and oxygen atoms in total. The Morgan fingerprint density at radius 1 is 1.73 bits per heavy atom. The monoisotopic (exact) mass is 161 g/mol. The summed E-state index contributed by atoms with van der Waals surface area (Å²) in [6.45, 7) is 3.13. The SMILES string of the molecule is CC(O)CC(C)(CN)C(=O)O. The minimum atomic E-state index is -0.992. The van der Waals surface area contributed by atoms with Crippen LogP contribution in [0.25, 0.3) is 0 Å². The summed E-state index contributed by atoms with van der Waals surface area (Å²) in [5.74, 6) is -0.957. The van der Waals surface area contributed by atoms with Crippen LogP contribution in [0.1, 0.15) is 20.3 Å². The fourth-order valence-corrected chi connectivity index (χ4v) is 0.910. The molecule has 0 aliphatic heterocycles.